The van der Waals surface area contributed by atoms with Crippen LogP contribution < -0.4 is 5.06 Å². The first-order valence-electron chi connectivity index (χ1n) is 9.79. The Balaban J connectivity index is 1.47. The monoisotopic (exact) mass is 476 g/mol. The van der Waals surface area contributed by atoms with E-state index in [9.17, 15) is 9.59 Å². The van der Waals surface area contributed by atoms with Crippen LogP contribution in [0.15, 0.2) is 36.8 Å². The molecule has 2 amide bonds. The molecule has 1 saturated heterocycles. The third-order valence-electron chi connectivity index (χ3n) is 5.13. The number of halogens is 1. The van der Waals surface area contributed by atoms with Crippen molar-refractivity contribution in [1.29, 1.82) is 0 Å². The maximum atomic E-state index is 13.1. The molecule has 0 saturated carbocycles. The van der Waals surface area contributed by atoms with Gasteiger partial charge >= 0.3 is 12.0 Å². The number of benzene rings is 1. The molecule has 10 nitrogen and oxygen atoms in total. The Bertz CT molecular complexity index is 1090. The second-order valence-corrected chi connectivity index (χ2v) is 8.37. The molecule has 1 aromatic carbocycles. The van der Waals surface area contributed by atoms with E-state index in [0.29, 0.717) is 46.7 Å². The third-order valence-corrected chi connectivity index (χ3v) is 6.31. The van der Waals surface area contributed by atoms with Crippen LogP contribution in [0.2, 0.25) is 5.02 Å². The smallest absolute Gasteiger partial charge is 0.351 e. The molecule has 0 bridgehead atoms. The molecule has 0 N–H and O–H groups in total. The number of esters is 1. The molecule has 1 unspecified atom stereocenters. The van der Waals surface area contributed by atoms with Gasteiger partial charge in [0.25, 0.3) is 0 Å². The molecule has 3 heterocycles. The van der Waals surface area contributed by atoms with Crippen LogP contribution in [0.1, 0.15) is 11.6 Å². The van der Waals surface area contributed by atoms with E-state index in [1.54, 1.807) is 29.3 Å². The molecule has 4 rings (SSSR count). The van der Waals surface area contributed by atoms with Crippen molar-refractivity contribution in [3.8, 4) is 0 Å². The van der Waals surface area contributed by atoms with Gasteiger partial charge in [-0.25, -0.2) is 24.5 Å². The van der Waals surface area contributed by atoms with Gasteiger partial charge in [-0.2, -0.15) is 0 Å². The molecular weight excluding hydrogens is 456 g/mol. The average Bonchev–Trinajstić information content (AvgIpc) is 3.24. The first-order valence-corrected chi connectivity index (χ1v) is 11.0. The van der Waals surface area contributed by atoms with Gasteiger partial charge in [0.05, 0.1) is 20.4 Å². The molecule has 12 heteroatoms. The van der Waals surface area contributed by atoms with E-state index in [1.807, 2.05) is 11.0 Å². The highest BCUT2D eigenvalue weighted by molar-refractivity contribution is 7.21. The molecule has 0 spiro atoms. The zero-order valence-corrected chi connectivity index (χ0v) is 19.0. The summed E-state index contributed by atoms with van der Waals surface area (Å²) in [6.45, 7) is 1.75. The molecule has 1 atom stereocenters. The Kier molecular flexibility index (Phi) is 6.80. The van der Waals surface area contributed by atoms with Gasteiger partial charge in [-0.1, -0.05) is 35.1 Å². The van der Waals surface area contributed by atoms with Gasteiger partial charge < -0.3 is 9.64 Å². The molecule has 3 aromatic rings. The number of carbonyl (C=O) groups is 2. The highest BCUT2D eigenvalue weighted by Gasteiger charge is 2.34. The average molecular weight is 477 g/mol. The number of carbonyl (C=O) groups excluding carboxylic acids is 2. The van der Waals surface area contributed by atoms with Crippen molar-refractivity contribution in [2.24, 2.45) is 0 Å². The lowest BCUT2D eigenvalue weighted by Gasteiger charge is -2.39. The first kappa shape index (κ1) is 22.3. The highest BCUT2D eigenvalue weighted by Crippen LogP contribution is 2.29. The van der Waals surface area contributed by atoms with Crippen LogP contribution in [0.4, 0.5) is 9.93 Å². The van der Waals surface area contributed by atoms with Crippen LogP contribution in [0.25, 0.3) is 10.3 Å². The summed E-state index contributed by atoms with van der Waals surface area (Å²) in [7, 11) is 2.77. The van der Waals surface area contributed by atoms with E-state index in [2.05, 4.69) is 15.0 Å². The fourth-order valence-corrected chi connectivity index (χ4v) is 4.64. The number of hydrogen-bond donors (Lipinski definition) is 0. The van der Waals surface area contributed by atoms with Crippen molar-refractivity contribution < 1.29 is 19.2 Å². The fourth-order valence-electron chi connectivity index (χ4n) is 3.59. The standard InChI is InChI=1S/C20H21ClN6O4S/c1-30-18(28)16(13-4-3-5-14(21)10-13)25-6-8-26(9-7-25)20(29)27(31-2)19-24-15-11-22-12-23-17(15)32-19/h3-5,10-12,16H,6-9H2,1-2H3. The molecule has 2 aromatic heterocycles. The molecule has 1 fully saturated rings. The predicted molar refractivity (Wildman–Crippen MR) is 119 cm³/mol. The van der Waals surface area contributed by atoms with Crippen LogP contribution in [0.5, 0.6) is 0 Å². The number of aromatic nitrogens is 3. The Morgan fingerprint density at radius 1 is 1.22 bits per heavy atom. The number of rotatable bonds is 5. The summed E-state index contributed by atoms with van der Waals surface area (Å²) in [5.74, 6) is -0.374. The number of thiazole rings is 1. The van der Waals surface area contributed by atoms with Crippen molar-refractivity contribution in [3.63, 3.8) is 0 Å². The first-order chi connectivity index (χ1) is 15.5. The van der Waals surface area contributed by atoms with Crippen LogP contribution in [-0.2, 0) is 14.4 Å². The van der Waals surface area contributed by atoms with Crippen molar-refractivity contribution in [3.05, 3.63) is 47.4 Å². The lowest BCUT2D eigenvalue weighted by molar-refractivity contribution is -0.148. The van der Waals surface area contributed by atoms with E-state index < -0.39 is 6.04 Å². The van der Waals surface area contributed by atoms with E-state index >= 15 is 0 Å². The SMILES string of the molecule is COC(=O)C(c1cccc(Cl)c1)N1CCN(C(=O)N(OC)c2nc3cncnc3s2)CC1. The number of ether oxygens (including phenoxy) is 1. The van der Waals surface area contributed by atoms with Crippen LogP contribution in [0.3, 0.4) is 0 Å². The number of hydroxylamine groups is 1. The number of hydrogen-bond acceptors (Lipinski definition) is 9. The molecule has 1 aliphatic heterocycles. The van der Waals surface area contributed by atoms with E-state index in [0.717, 1.165) is 10.6 Å². The van der Waals surface area contributed by atoms with E-state index in [4.69, 9.17) is 21.2 Å². The Morgan fingerprint density at radius 3 is 2.66 bits per heavy atom. The number of urea groups is 1. The summed E-state index contributed by atoms with van der Waals surface area (Å²) in [6, 6.07) is 6.21. The van der Waals surface area contributed by atoms with Crippen molar-refractivity contribution in [2.75, 3.05) is 45.5 Å². The molecule has 0 aliphatic carbocycles. The molecule has 0 radical (unpaired) electrons. The minimum Gasteiger partial charge on any atom is -0.468 e. The summed E-state index contributed by atoms with van der Waals surface area (Å²) < 4.78 is 5.03. The maximum absolute atomic E-state index is 13.1. The van der Waals surface area contributed by atoms with Gasteiger partial charge in [0.2, 0.25) is 5.13 Å². The predicted octanol–water partition coefficient (Wildman–Crippen LogP) is 2.76. The number of anilines is 1. The van der Waals surface area contributed by atoms with E-state index in [-0.39, 0.29) is 12.0 Å². The quantitative estimate of drug-likeness (QED) is 0.409. The lowest BCUT2D eigenvalue weighted by Crippen LogP contribution is -2.54. The van der Waals surface area contributed by atoms with Crippen LogP contribution in [-0.4, -0.2) is 77.2 Å². The lowest BCUT2D eigenvalue weighted by atomic mass is 10.0. The zero-order chi connectivity index (χ0) is 22.7. The molecule has 32 heavy (non-hydrogen) atoms. The van der Waals surface area contributed by atoms with Gasteiger partial charge in [-0.15, -0.1) is 5.06 Å². The van der Waals surface area contributed by atoms with Gasteiger partial charge in [0.15, 0.2) is 0 Å². The summed E-state index contributed by atoms with van der Waals surface area (Å²) in [5.41, 5.74) is 1.34. The summed E-state index contributed by atoms with van der Waals surface area (Å²) in [4.78, 5) is 47.8. The normalized spacial score (nSPS) is 15.5. The summed E-state index contributed by atoms with van der Waals surface area (Å²) >= 11 is 7.36. The molecule has 168 valence electrons. The number of methoxy groups -OCH3 is 1. The maximum Gasteiger partial charge on any atom is 0.351 e. The topological polar surface area (TPSA) is 101 Å². The van der Waals surface area contributed by atoms with Crippen molar-refractivity contribution in [1.82, 2.24) is 24.8 Å². The second-order valence-electron chi connectivity index (χ2n) is 6.97. The Labute approximate surface area is 193 Å². The Hall–Kier alpha value is -2.86. The third kappa shape index (κ3) is 4.51. The van der Waals surface area contributed by atoms with Gasteiger partial charge in [-0.3, -0.25) is 9.74 Å². The largest absolute Gasteiger partial charge is 0.468 e. The van der Waals surface area contributed by atoms with Crippen LogP contribution in [0, 0.1) is 0 Å². The van der Waals surface area contributed by atoms with Gasteiger partial charge in [0, 0.05) is 31.2 Å². The number of amides is 2. The number of fused-ring (bicyclic) bond motifs is 1. The Morgan fingerprint density at radius 2 is 2.00 bits per heavy atom. The van der Waals surface area contributed by atoms with Crippen LogP contribution >= 0.6 is 22.9 Å². The number of piperazine rings is 1. The molecular formula is C20H21ClN6O4S. The van der Waals surface area contributed by atoms with Gasteiger partial charge in [-0.05, 0) is 17.7 Å². The highest BCUT2D eigenvalue weighted by atomic mass is 35.5. The van der Waals surface area contributed by atoms with Gasteiger partial charge in [0.1, 0.15) is 22.7 Å². The minimum absolute atomic E-state index is 0.337. The van der Waals surface area contributed by atoms with Crippen molar-refractivity contribution in [2.45, 2.75) is 6.04 Å². The van der Waals surface area contributed by atoms with E-state index in [1.165, 1.54) is 31.9 Å². The van der Waals surface area contributed by atoms with Crippen molar-refractivity contribution >= 4 is 50.4 Å². The summed E-state index contributed by atoms with van der Waals surface area (Å²) in [6.07, 6.45) is 3.02. The molecule has 1 aliphatic rings. The number of nitrogens with zero attached hydrogens (tertiary/aromatic N) is 6. The fraction of sp³-hybridized carbons (Fsp3) is 0.350. The summed E-state index contributed by atoms with van der Waals surface area (Å²) in [5, 5.41) is 2.07. The zero-order valence-electron chi connectivity index (χ0n) is 17.5. The minimum atomic E-state index is -0.600. The second kappa shape index (κ2) is 9.74.